The molecule has 4 rings (SSSR count). The minimum atomic E-state index is -4.00. The number of hydrogen-bond acceptors (Lipinski definition) is 6. The van der Waals surface area contributed by atoms with E-state index in [0.717, 1.165) is 27.2 Å². The van der Waals surface area contributed by atoms with Crippen molar-refractivity contribution in [2.75, 3.05) is 37.1 Å². The largest absolute Gasteiger partial charge is 0.492 e. The molecule has 208 valence electrons. The summed E-state index contributed by atoms with van der Waals surface area (Å²) in [5, 5.41) is 2.69. The molecule has 0 radical (unpaired) electrons. The number of anilines is 1. The van der Waals surface area contributed by atoms with Gasteiger partial charge in [-0.3, -0.25) is 9.10 Å². The number of halogens is 1. The maximum Gasteiger partial charge on any atom is 0.264 e. The summed E-state index contributed by atoms with van der Waals surface area (Å²) in [5.41, 5.74) is 1.28. The monoisotopic (exact) mass is 635 g/mol. The van der Waals surface area contributed by atoms with Crippen LogP contribution in [0, 0.1) is 6.92 Å². The molecule has 12 heteroatoms. The zero-order chi connectivity index (χ0) is 28.0. The first-order valence-corrected chi connectivity index (χ1v) is 16.1. The number of nitrogens with zero attached hydrogens (tertiary/aromatic N) is 2. The van der Waals surface area contributed by atoms with Crippen LogP contribution in [0.4, 0.5) is 5.69 Å². The summed E-state index contributed by atoms with van der Waals surface area (Å²) in [4.78, 5) is 13.1. The minimum Gasteiger partial charge on any atom is -0.492 e. The highest BCUT2D eigenvalue weighted by molar-refractivity contribution is 9.10. The quantitative estimate of drug-likeness (QED) is 0.320. The Morgan fingerprint density at radius 1 is 0.897 bits per heavy atom. The Bertz CT molecular complexity index is 1490. The zero-order valence-corrected chi connectivity index (χ0v) is 24.6. The number of ether oxygens (including phenoxy) is 1. The van der Waals surface area contributed by atoms with Gasteiger partial charge in [-0.1, -0.05) is 33.6 Å². The Morgan fingerprint density at radius 2 is 1.49 bits per heavy atom. The van der Waals surface area contributed by atoms with Crippen molar-refractivity contribution in [3.05, 3.63) is 82.8 Å². The second-order valence-electron chi connectivity index (χ2n) is 9.08. The van der Waals surface area contributed by atoms with Gasteiger partial charge in [-0.2, -0.15) is 4.31 Å². The number of nitrogens with one attached hydrogen (secondary N) is 1. The standard InChI is InChI=1S/C27H30BrN3O6S2/c1-21-4-12-26(13-5-21)39(35,36)31(23-8-6-22(28)7-9-23)20-27(32)29-16-19-37-24-10-14-25(15-11-24)38(33,34)30-17-2-3-18-30/h4-15H,2-3,16-20H2,1H3,(H,29,32). The number of hydrogen-bond donors (Lipinski definition) is 1. The molecule has 0 aliphatic carbocycles. The van der Waals surface area contributed by atoms with Gasteiger partial charge in [0.1, 0.15) is 18.9 Å². The zero-order valence-electron chi connectivity index (χ0n) is 21.4. The van der Waals surface area contributed by atoms with Gasteiger partial charge in [-0.25, -0.2) is 16.8 Å². The van der Waals surface area contributed by atoms with Crippen molar-refractivity contribution in [3.8, 4) is 5.75 Å². The molecule has 9 nitrogen and oxygen atoms in total. The van der Waals surface area contributed by atoms with Crippen LogP contribution in [-0.2, 0) is 24.8 Å². The number of benzene rings is 3. The summed E-state index contributed by atoms with van der Waals surface area (Å²) >= 11 is 3.35. The van der Waals surface area contributed by atoms with Crippen LogP contribution in [0.3, 0.4) is 0 Å². The molecule has 0 saturated carbocycles. The number of sulfonamides is 2. The lowest BCUT2D eigenvalue weighted by atomic mass is 10.2. The fraction of sp³-hybridized carbons (Fsp3) is 0.296. The summed E-state index contributed by atoms with van der Waals surface area (Å²) in [6.07, 6.45) is 1.73. The maximum absolute atomic E-state index is 13.4. The van der Waals surface area contributed by atoms with E-state index in [-0.39, 0.29) is 22.9 Å². The highest BCUT2D eigenvalue weighted by Crippen LogP contribution is 2.26. The SMILES string of the molecule is Cc1ccc(S(=O)(=O)N(CC(=O)NCCOc2ccc(S(=O)(=O)N3CCCC3)cc2)c2ccc(Br)cc2)cc1. The van der Waals surface area contributed by atoms with Crippen molar-refractivity contribution in [2.24, 2.45) is 0 Å². The molecule has 1 fully saturated rings. The molecule has 0 spiro atoms. The Morgan fingerprint density at radius 3 is 2.10 bits per heavy atom. The van der Waals surface area contributed by atoms with E-state index in [1.165, 1.54) is 28.6 Å². The molecule has 3 aromatic carbocycles. The first kappa shape index (κ1) is 29.1. The highest BCUT2D eigenvalue weighted by atomic mass is 79.9. The predicted molar refractivity (Wildman–Crippen MR) is 153 cm³/mol. The molecule has 1 aliphatic heterocycles. The Kier molecular flexibility index (Phi) is 9.31. The normalized spacial score (nSPS) is 14.2. The molecule has 1 aliphatic rings. The second kappa shape index (κ2) is 12.5. The van der Waals surface area contributed by atoms with Crippen LogP contribution in [0.5, 0.6) is 5.75 Å². The number of carbonyl (C=O) groups excluding carboxylic acids is 1. The fourth-order valence-electron chi connectivity index (χ4n) is 4.09. The number of aryl methyl sites for hydroxylation is 1. The molecular weight excluding hydrogens is 606 g/mol. The Balaban J connectivity index is 1.35. The third-order valence-electron chi connectivity index (χ3n) is 6.23. The van der Waals surface area contributed by atoms with Gasteiger partial charge in [-0.05, 0) is 80.4 Å². The topological polar surface area (TPSA) is 113 Å². The predicted octanol–water partition coefficient (Wildman–Crippen LogP) is 3.93. The van der Waals surface area contributed by atoms with Gasteiger partial charge in [0.25, 0.3) is 10.0 Å². The van der Waals surface area contributed by atoms with E-state index in [9.17, 15) is 21.6 Å². The molecule has 1 heterocycles. The molecule has 3 aromatic rings. The second-order valence-corrected chi connectivity index (χ2v) is 13.8. The van der Waals surface area contributed by atoms with Gasteiger partial charge in [0.2, 0.25) is 15.9 Å². The molecule has 1 N–H and O–H groups in total. The lowest BCUT2D eigenvalue weighted by Crippen LogP contribution is -2.41. The number of carbonyl (C=O) groups is 1. The Labute approximate surface area is 238 Å². The smallest absolute Gasteiger partial charge is 0.264 e. The molecule has 0 unspecified atom stereocenters. The van der Waals surface area contributed by atoms with Crippen LogP contribution in [-0.4, -0.2) is 59.8 Å². The lowest BCUT2D eigenvalue weighted by molar-refractivity contribution is -0.119. The third kappa shape index (κ3) is 7.18. The van der Waals surface area contributed by atoms with Gasteiger partial charge in [-0.15, -0.1) is 0 Å². The van der Waals surface area contributed by atoms with Gasteiger partial charge in [0.05, 0.1) is 22.0 Å². The average Bonchev–Trinajstić information content (AvgIpc) is 3.47. The average molecular weight is 637 g/mol. The number of rotatable bonds is 11. The summed E-state index contributed by atoms with van der Waals surface area (Å²) in [6.45, 7) is 2.76. The van der Waals surface area contributed by atoms with E-state index < -0.39 is 32.5 Å². The van der Waals surface area contributed by atoms with Crippen LogP contribution in [0.2, 0.25) is 0 Å². The van der Waals surface area contributed by atoms with Crippen LogP contribution in [0.1, 0.15) is 18.4 Å². The molecule has 0 atom stereocenters. The van der Waals surface area contributed by atoms with Crippen molar-refractivity contribution in [3.63, 3.8) is 0 Å². The van der Waals surface area contributed by atoms with Crippen molar-refractivity contribution in [2.45, 2.75) is 29.6 Å². The molecule has 39 heavy (non-hydrogen) atoms. The van der Waals surface area contributed by atoms with Crippen molar-refractivity contribution >= 4 is 47.6 Å². The number of amides is 1. The molecule has 1 saturated heterocycles. The van der Waals surface area contributed by atoms with Crippen LogP contribution in [0.15, 0.2) is 87.1 Å². The summed E-state index contributed by atoms with van der Waals surface area (Å²) < 4.78 is 61.1. The third-order valence-corrected chi connectivity index (χ3v) is 10.5. The fourth-order valence-corrected chi connectivity index (χ4v) is 7.29. The van der Waals surface area contributed by atoms with Gasteiger partial charge >= 0.3 is 0 Å². The first-order valence-electron chi connectivity index (χ1n) is 12.4. The lowest BCUT2D eigenvalue weighted by Gasteiger charge is -2.24. The maximum atomic E-state index is 13.4. The molecule has 1 amide bonds. The van der Waals surface area contributed by atoms with Gasteiger partial charge in [0, 0.05) is 17.6 Å². The summed E-state index contributed by atoms with van der Waals surface area (Å²) in [6, 6.07) is 19.3. The summed E-state index contributed by atoms with van der Waals surface area (Å²) in [7, 11) is -7.50. The van der Waals surface area contributed by atoms with Crippen LogP contribution in [0.25, 0.3) is 0 Å². The Hall–Kier alpha value is -2.93. The minimum absolute atomic E-state index is 0.0855. The van der Waals surface area contributed by atoms with Crippen LogP contribution < -0.4 is 14.4 Å². The van der Waals surface area contributed by atoms with Crippen molar-refractivity contribution in [1.82, 2.24) is 9.62 Å². The highest BCUT2D eigenvalue weighted by Gasteiger charge is 2.28. The van der Waals surface area contributed by atoms with Crippen molar-refractivity contribution in [1.29, 1.82) is 0 Å². The van der Waals surface area contributed by atoms with Gasteiger partial charge in [0.15, 0.2) is 0 Å². The van der Waals surface area contributed by atoms with E-state index >= 15 is 0 Å². The first-order chi connectivity index (χ1) is 18.6. The van der Waals surface area contributed by atoms with Crippen LogP contribution >= 0.6 is 15.9 Å². The van der Waals surface area contributed by atoms with E-state index in [2.05, 4.69) is 21.2 Å². The molecular formula is C27H30BrN3O6S2. The van der Waals surface area contributed by atoms with Crippen molar-refractivity contribution < 1.29 is 26.4 Å². The van der Waals surface area contributed by atoms with E-state index in [1.54, 1.807) is 48.5 Å². The molecule has 0 aromatic heterocycles. The van der Waals surface area contributed by atoms with E-state index in [0.29, 0.717) is 24.5 Å². The van der Waals surface area contributed by atoms with E-state index in [4.69, 9.17) is 4.74 Å². The van der Waals surface area contributed by atoms with E-state index in [1.807, 2.05) is 6.92 Å². The van der Waals surface area contributed by atoms with Gasteiger partial charge < -0.3 is 10.1 Å². The summed E-state index contributed by atoms with van der Waals surface area (Å²) in [5.74, 6) is -0.0349. The molecule has 0 bridgehead atoms.